The summed E-state index contributed by atoms with van der Waals surface area (Å²) in [4.78, 5) is 2.27. The van der Waals surface area contributed by atoms with Gasteiger partial charge in [-0.15, -0.1) is 0 Å². The predicted molar refractivity (Wildman–Crippen MR) is 83.2 cm³/mol. The van der Waals surface area contributed by atoms with Crippen molar-refractivity contribution in [2.24, 2.45) is 5.92 Å². The molecule has 0 aliphatic heterocycles. The Hall–Kier alpha value is -0.0900. The van der Waals surface area contributed by atoms with Crippen LogP contribution in [0.5, 0.6) is 0 Å². The molecule has 18 heavy (non-hydrogen) atoms. The maximum Gasteiger partial charge on any atom is 0.0417 e. The molecule has 1 unspecified atom stereocenters. The van der Waals surface area contributed by atoms with Crippen molar-refractivity contribution in [1.29, 1.82) is 0 Å². The van der Waals surface area contributed by atoms with E-state index in [0.717, 1.165) is 22.6 Å². The van der Waals surface area contributed by atoms with Crippen molar-refractivity contribution < 1.29 is 0 Å². The molecule has 0 spiro atoms. The number of likely N-dealkylation sites (N-methyl/N-ethyl adjacent to an activating group) is 1. The lowest BCUT2D eigenvalue weighted by Crippen LogP contribution is -2.41. The van der Waals surface area contributed by atoms with Crippen LogP contribution in [0, 0.1) is 5.92 Å². The van der Waals surface area contributed by atoms with Crippen LogP contribution in [0.25, 0.3) is 0 Å². The van der Waals surface area contributed by atoms with Crippen molar-refractivity contribution in [1.82, 2.24) is 10.2 Å². The van der Waals surface area contributed by atoms with Gasteiger partial charge in [0.25, 0.3) is 0 Å². The first-order chi connectivity index (χ1) is 8.41. The quantitative estimate of drug-likeness (QED) is 0.852. The summed E-state index contributed by atoms with van der Waals surface area (Å²) in [7, 11) is 4.26. The fourth-order valence-corrected chi connectivity index (χ4v) is 2.86. The molecule has 2 nitrogen and oxygen atoms in total. The summed E-state index contributed by atoms with van der Waals surface area (Å²) in [5, 5.41) is 4.27. The minimum atomic E-state index is 0.552. The third kappa shape index (κ3) is 4.88. The lowest BCUT2D eigenvalue weighted by atomic mass is 10.0. The summed E-state index contributed by atoms with van der Waals surface area (Å²) in [5.74, 6) is 0.640. The average Bonchev–Trinajstić information content (AvgIpc) is 2.25. The van der Waals surface area contributed by atoms with Gasteiger partial charge >= 0.3 is 0 Å². The van der Waals surface area contributed by atoms with Crippen LogP contribution < -0.4 is 5.32 Å². The molecule has 102 valence electrons. The van der Waals surface area contributed by atoms with Crippen LogP contribution in [0.4, 0.5) is 0 Å². The number of hydrogen-bond acceptors (Lipinski definition) is 2. The number of rotatable bonds is 6. The van der Waals surface area contributed by atoms with Crippen LogP contribution in [0.15, 0.2) is 22.7 Å². The minimum Gasteiger partial charge on any atom is -0.311 e. The van der Waals surface area contributed by atoms with Gasteiger partial charge in [0.1, 0.15) is 0 Å². The molecule has 0 saturated heterocycles. The van der Waals surface area contributed by atoms with Crippen molar-refractivity contribution >= 4 is 27.5 Å². The molecule has 0 bridgehead atoms. The normalized spacial score (nSPS) is 13.3. The van der Waals surface area contributed by atoms with E-state index in [-0.39, 0.29) is 0 Å². The van der Waals surface area contributed by atoms with E-state index >= 15 is 0 Å². The zero-order chi connectivity index (χ0) is 13.7. The largest absolute Gasteiger partial charge is 0.311 e. The molecule has 0 saturated carbocycles. The first kappa shape index (κ1) is 16.0. The van der Waals surface area contributed by atoms with Crippen LogP contribution in [0.1, 0.15) is 19.4 Å². The summed E-state index contributed by atoms with van der Waals surface area (Å²) in [6, 6.07) is 6.47. The zero-order valence-electron chi connectivity index (χ0n) is 11.5. The van der Waals surface area contributed by atoms with E-state index in [4.69, 9.17) is 11.6 Å². The van der Waals surface area contributed by atoms with Gasteiger partial charge in [0.2, 0.25) is 0 Å². The molecule has 1 aromatic carbocycles. The van der Waals surface area contributed by atoms with Crippen LogP contribution in [-0.4, -0.2) is 31.6 Å². The van der Waals surface area contributed by atoms with E-state index in [1.54, 1.807) is 0 Å². The summed E-state index contributed by atoms with van der Waals surface area (Å²) in [5.41, 5.74) is 1.24. The lowest BCUT2D eigenvalue weighted by molar-refractivity contribution is 0.224. The predicted octanol–water partition coefficient (Wildman–Crippen LogP) is 3.78. The molecule has 0 amide bonds. The third-order valence-corrected chi connectivity index (χ3v) is 4.09. The topological polar surface area (TPSA) is 15.3 Å². The van der Waals surface area contributed by atoms with Gasteiger partial charge in [-0.3, -0.25) is 0 Å². The average molecular weight is 334 g/mol. The van der Waals surface area contributed by atoms with E-state index in [0.29, 0.717) is 12.0 Å². The highest BCUT2D eigenvalue weighted by molar-refractivity contribution is 9.10. The first-order valence-electron chi connectivity index (χ1n) is 6.23. The molecular formula is C14H22BrClN2. The number of nitrogens with one attached hydrogen (secondary N) is 1. The van der Waals surface area contributed by atoms with E-state index in [1.165, 1.54) is 5.56 Å². The maximum atomic E-state index is 5.93. The van der Waals surface area contributed by atoms with Crippen LogP contribution in [-0.2, 0) is 6.54 Å². The van der Waals surface area contributed by atoms with Gasteiger partial charge in [-0.25, -0.2) is 0 Å². The van der Waals surface area contributed by atoms with Crippen molar-refractivity contribution in [2.75, 3.05) is 20.6 Å². The molecule has 1 N–H and O–H groups in total. The van der Waals surface area contributed by atoms with E-state index in [2.05, 4.69) is 60.2 Å². The second-order valence-electron chi connectivity index (χ2n) is 5.14. The highest BCUT2D eigenvalue weighted by atomic mass is 79.9. The molecule has 0 aliphatic carbocycles. The SMILES string of the molecule is CC(C)C(CNCc1ccc(Cl)cc1Br)N(C)C. The van der Waals surface area contributed by atoms with Gasteiger partial charge in [-0.2, -0.15) is 0 Å². The Kier molecular flexibility index (Phi) is 6.64. The molecule has 1 rings (SSSR count). The smallest absolute Gasteiger partial charge is 0.0417 e. The van der Waals surface area contributed by atoms with Gasteiger partial charge in [0.05, 0.1) is 0 Å². The fraction of sp³-hybridized carbons (Fsp3) is 0.571. The Morgan fingerprint density at radius 2 is 2.00 bits per heavy atom. The Labute approximate surface area is 124 Å². The van der Waals surface area contributed by atoms with Crippen LogP contribution in [0.3, 0.4) is 0 Å². The monoisotopic (exact) mass is 332 g/mol. The Morgan fingerprint density at radius 1 is 1.33 bits per heavy atom. The molecule has 1 aromatic rings. The first-order valence-corrected chi connectivity index (χ1v) is 7.40. The summed E-state index contributed by atoms with van der Waals surface area (Å²) in [6.07, 6.45) is 0. The number of nitrogens with zero attached hydrogens (tertiary/aromatic N) is 1. The third-order valence-electron chi connectivity index (χ3n) is 3.12. The van der Waals surface area contributed by atoms with Gasteiger partial charge in [0, 0.05) is 28.6 Å². The molecular weight excluding hydrogens is 312 g/mol. The molecule has 0 aliphatic rings. The van der Waals surface area contributed by atoms with Gasteiger partial charge in [0.15, 0.2) is 0 Å². The Bertz CT molecular complexity index is 372. The van der Waals surface area contributed by atoms with Crippen molar-refractivity contribution in [2.45, 2.75) is 26.4 Å². The van der Waals surface area contributed by atoms with Crippen LogP contribution in [0.2, 0.25) is 5.02 Å². The second kappa shape index (κ2) is 7.49. The summed E-state index contributed by atoms with van der Waals surface area (Å²) in [6.45, 7) is 6.35. The number of benzene rings is 1. The number of halogens is 2. The molecule has 0 radical (unpaired) electrons. The maximum absolute atomic E-state index is 5.93. The van der Waals surface area contributed by atoms with E-state index in [9.17, 15) is 0 Å². The minimum absolute atomic E-state index is 0.552. The molecule has 0 aromatic heterocycles. The second-order valence-corrected chi connectivity index (χ2v) is 6.43. The van der Waals surface area contributed by atoms with Crippen LogP contribution >= 0.6 is 27.5 Å². The summed E-state index contributed by atoms with van der Waals surface area (Å²) < 4.78 is 1.06. The molecule has 0 heterocycles. The fourth-order valence-electron chi connectivity index (χ4n) is 2.03. The van der Waals surface area contributed by atoms with Gasteiger partial charge in [-0.05, 0) is 37.7 Å². The lowest BCUT2D eigenvalue weighted by Gasteiger charge is -2.28. The van der Waals surface area contributed by atoms with E-state index in [1.807, 2.05) is 12.1 Å². The van der Waals surface area contributed by atoms with Gasteiger partial charge in [-0.1, -0.05) is 47.4 Å². The van der Waals surface area contributed by atoms with Crippen molar-refractivity contribution in [3.8, 4) is 0 Å². The highest BCUT2D eigenvalue weighted by Crippen LogP contribution is 2.21. The highest BCUT2D eigenvalue weighted by Gasteiger charge is 2.14. The standard InChI is InChI=1S/C14H22BrClN2/c1-10(2)14(18(3)4)9-17-8-11-5-6-12(16)7-13(11)15/h5-7,10,14,17H,8-9H2,1-4H3. The molecule has 4 heteroatoms. The van der Waals surface area contributed by atoms with Crippen molar-refractivity contribution in [3.05, 3.63) is 33.3 Å². The van der Waals surface area contributed by atoms with E-state index < -0.39 is 0 Å². The Balaban J connectivity index is 2.50. The molecule has 1 atom stereocenters. The van der Waals surface area contributed by atoms with Gasteiger partial charge < -0.3 is 10.2 Å². The number of hydrogen-bond donors (Lipinski definition) is 1. The Morgan fingerprint density at radius 3 is 2.50 bits per heavy atom. The van der Waals surface area contributed by atoms with Crippen molar-refractivity contribution in [3.63, 3.8) is 0 Å². The summed E-state index contributed by atoms with van der Waals surface area (Å²) >= 11 is 9.46. The zero-order valence-corrected chi connectivity index (χ0v) is 13.8. The molecule has 0 fully saturated rings.